The van der Waals surface area contributed by atoms with Crippen LogP contribution in [0.1, 0.15) is 11.5 Å². The summed E-state index contributed by atoms with van der Waals surface area (Å²) in [4.78, 5) is 12.0. The van der Waals surface area contributed by atoms with E-state index >= 15 is 0 Å². The molecule has 1 aliphatic heterocycles. The molecule has 1 aromatic rings. The van der Waals surface area contributed by atoms with Gasteiger partial charge in [-0.1, -0.05) is 23.9 Å². The lowest BCUT2D eigenvalue weighted by atomic mass is 9.85. The van der Waals surface area contributed by atoms with Crippen LogP contribution in [0.15, 0.2) is 45.5 Å². The molecule has 0 saturated carbocycles. The fraction of sp³-hybridized carbons (Fsp3) is 0.143. The van der Waals surface area contributed by atoms with Crippen molar-refractivity contribution in [2.24, 2.45) is 11.5 Å². The second-order valence-corrected chi connectivity index (χ2v) is 5.33. The molecule has 0 saturated heterocycles. The summed E-state index contributed by atoms with van der Waals surface area (Å²) in [6.07, 6.45) is 0. The summed E-state index contributed by atoms with van der Waals surface area (Å²) in [7, 11) is 1.22. The Kier molecular flexibility index (Phi) is 4.19. The monoisotopic (exact) mass is 305 g/mol. The molecule has 5 nitrogen and oxygen atoms in total. The number of halogens is 1. The fourth-order valence-electron chi connectivity index (χ4n) is 2.09. The van der Waals surface area contributed by atoms with Gasteiger partial charge in [0.05, 0.1) is 40.3 Å². The Bertz CT molecular complexity index is 689. The normalized spacial score (nSPS) is 18.4. The highest BCUT2D eigenvalue weighted by Crippen LogP contribution is 2.43. The quantitative estimate of drug-likeness (QED) is 0.806. The third-order valence-electron chi connectivity index (χ3n) is 3.06. The third kappa shape index (κ3) is 2.71. The van der Waals surface area contributed by atoms with Crippen molar-refractivity contribution < 1.29 is 13.9 Å². The van der Waals surface area contributed by atoms with Crippen LogP contribution < -0.4 is 11.5 Å². The Morgan fingerprint density at radius 3 is 2.48 bits per heavy atom. The van der Waals surface area contributed by atoms with Gasteiger partial charge >= 0.3 is 5.97 Å². The van der Waals surface area contributed by atoms with E-state index in [4.69, 9.17) is 16.2 Å². The van der Waals surface area contributed by atoms with Crippen LogP contribution in [-0.4, -0.2) is 13.1 Å². The molecule has 0 radical (unpaired) electrons. The minimum atomic E-state index is -0.760. The highest BCUT2D eigenvalue weighted by Gasteiger charge is 2.35. The summed E-state index contributed by atoms with van der Waals surface area (Å²) in [6, 6.07) is 7.44. The molecule has 7 heteroatoms. The number of carbonyl (C=O) groups excluding carboxylic acids is 1. The number of benzene rings is 1. The molecule has 108 valence electrons. The Hall–Kier alpha value is -2.46. The molecule has 1 aliphatic rings. The summed E-state index contributed by atoms with van der Waals surface area (Å²) >= 11 is 0.945. The van der Waals surface area contributed by atoms with Crippen LogP contribution in [-0.2, 0) is 9.53 Å². The molecule has 0 amide bonds. The Morgan fingerprint density at radius 2 is 1.95 bits per heavy atom. The van der Waals surface area contributed by atoms with Gasteiger partial charge in [-0.05, 0) is 17.7 Å². The zero-order valence-corrected chi connectivity index (χ0v) is 11.9. The van der Waals surface area contributed by atoms with Crippen LogP contribution >= 0.6 is 11.8 Å². The summed E-state index contributed by atoms with van der Waals surface area (Å²) in [5, 5.41) is 9.71. The zero-order valence-electron chi connectivity index (χ0n) is 11.1. The van der Waals surface area contributed by atoms with Gasteiger partial charge in [0.1, 0.15) is 5.82 Å². The van der Waals surface area contributed by atoms with Crippen molar-refractivity contribution >= 4 is 17.7 Å². The van der Waals surface area contributed by atoms with Gasteiger partial charge in [0.25, 0.3) is 0 Å². The summed E-state index contributed by atoms with van der Waals surface area (Å²) in [6.45, 7) is 0. The lowest BCUT2D eigenvalue weighted by Crippen LogP contribution is -2.24. The predicted molar refractivity (Wildman–Crippen MR) is 76.8 cm³/mol. The number of hydrogen-bond acceptors (Lipinski definition) is 6. The van der Waals surface area contributed by atoms with E-state index in [1.165, 1.54) is 31.4 Å². The smallest absolute Gasteiger partial charge is 0.337 e. The molecule has 0 aliphatic carbocycles. The molecule has 0 fully saturated rings. The van der Waals surface area contributed by atoms with Crippen molar-refractivity contribution in [3.8, 4) is 6.07 Å². The van der Waals surface area contributed by atoms with Crippen LogP contribution in [0, 0.1) is 17.1 Å². The molecule has 1 heterocycles. The van der Waals surface area contributed by atoms with Crippen molar-refractivity contribution in [3.63, 3.8) is 0 Å². The molecule has 0 bridgehead atoms. The van der Waals surface area contributed by atoms with E-state index in [0.717, 1.165) is 11.8 Å². The van der Waals surface area contributed by atoms with Gasteiger partial charge in [-0.2, -0.15) is 5.26 Å². The van der Waals surface area contributed by atoms with E-state index in [9.17, 15) is 14.4 Å². The van der Waals surface area contributed by atoms with Crippen LogP contribution in [0.4, 0.5) is 4.39 Å². The van der Waals surface area contributed by atoms with E-state index in [1.807, 2.05) is 6.07 Å². The molecule has 21 heavy (non-hydrogen) atoms. The Morgan fingerprint density at radius 1 is 1.33 bits per heavy atom. The SMILES string of the molecule is COC(=O)C1=C(N)SC(N)=C(C#N)C1c1ccc(F)cc1. The molecule has 1 atom stereocenters. The highest BCUT2D eigenvalue weighted by atomic mass is 32.2. The van der Waals surface area contributed by atoms with Gasteiger partial charge in [0.15, 0.2) is 0 Å². The van der Waals surface area contributed by atoms with Crippen molar-refractivity contribution in [2.45, 2.75) is 5.92 Å². The first-order valence-corrected chi connectivity index (χ1v) is 6.72. The largest absolute Gasteiger partial charge is 0.466 e. The Balaban J connectivity index is 2.63. The van der Waals surface area contributed by atoms with E-state index in [2.05, 4.69) is 0 Å². The topological polar surface area (TPSA) is 102 Å². The third-order valence-corrected chi connectivity index (χ3v) is 3.94. The Labute approximate surface area is 125 Å². The first kappa shape index (κ1) is 14.9. The van der Waals surface area contributed by atoms with Crippen molar-refractivity contribution in [1.82, 2.24) is 0 Å². The second-order valence-electron chi connectivity index (χ2n) is 4.25. The molecule has 4 N–H and O–H groups in total. The van der Waals surface area contributed by atoms with Crippen molar-refractivity contribution in [1.29, 1.82) is 5.26 Å². The zero-order chi connectivity index (χ0) is 15.6. The minimum absolute atomic E-state index is 0.139. The maximum absolute atomic E-state index is 13.1. The van der Waals surface area contributed by atoms with E-state index in [1.54, 1.807) is 0 Å². The maximum Gasteiger partial charge on any atom is 0.337 e. The summed E-state index contributed by atoms with van der Waals surface area (Å²) < 4.78 is 17.8. The minimum Gasteiger partial charge on any atom is -0.466 e. The predicted octanol–water partition coefficient (Wildman–Crippen LogP) is 1.69. The molecular formula is C14H12FN3O2S. The molecule has 0 spiro atoms. The number of rotatable bonds is 2. The summed E-state index contributed by atoms with van der Waals surface area (Å²) in [5.74, 6) is -1.82. The van der Waals surface area contributed by atoms with Gasteiger partial charge in [-0.25, -0.2) is 9.18 Å². The number of esters is 1. The van der Waals surface area contributed by atoms with E-state index < -0.39 is 17.7 Å². The second kappa shape index (κ2) is 5.89. The maximum atomic E-state index is 13.1. The number of nitrogens with zero attached hydrogens (tertiary/aromatic N) is 1. The van der Waals surface area contributed by atoms with E-state index in [0.29, 0.717) is 5.56 Å². The fourth-order valence-corrected chi connectivity index (χ4v) is 2.92. The van der Waals surface area contributed by atoms with Gasteiger partial charge in [0, 0.05) is 0 Å². The number of thioether (sulfide) groups is 1. The number of nitrogens with two attached hydrogens (primary N) is 2. The lowest BCUT2D eigenvalue weighted by molar-refractivity contribution is -0.136. The number of ether oxygens (including phenoxy) is 1. The first-order chi connectivity index (χ1) is 9.99. The van der Waals surface area contributed by atoms with Gasteiger partial charge in [-0.3, -0.25) is 0 Å². The highest BCUT2D eigenvalue weighted by molar-refractivity contribution is 8.06. The van der Waals surface area contributed by atoms with Crippen LogP contribution in [0.5, 0.6) is 0 Å². The first-order valence-electron chi connectivity index (χ1n) is 5.90. The van der Waals surface area contributed by atoms with Crippen LogP contribution in [0.2, 0.25) is 0 Å². The number of nitriles is 1. The average molecular weight is 305 g/mol. The van der Waals surface area contributed by atoms with Crippen LogP contribution in [0.3, 0.4) is 0 Å². The van der Waals surface area contributed by atoms with E-state index in [-0.39, 0.29) is 21.2 Å². The van der Waals surface area contributed by atoms with Gasteiger partial charge in [-0.15, -0.1) is 0 Å². The number of allylic oxidation sites excluding steroid dienone is 1. The molecule has 1 aromatic carbocycles. The molecule has 0 aromatic heterocycles. The number of hydrogen-bond donors (Lipinski definition) is 2. The van der Waals surface area contributed by atoms with Gasteiger partial charge in [0.2, 0.25) is 0 Å². The van der Waals surface area contributed by atoms with Crippen molar-refractivity contribution in [3.05, 3.63) is 56.9 Å². The molecule has 2 rings (SSSR count). The summed E-state index contributed by atoms with van der Waals surface area (Å²) in [5.41, 5.74) is 12.6. The molecule has 1 unspecified atom stereocenters. The number of methoxy groups -OCH3 is 1. The van der Waals surface area contributed by atoms with Gasteiger partial charge < -0.3 is 16.2 Å². The molecular weight excluding hydrogens is 293 g/mol. The number of carbonyl (C=O) groups is 1. The van der Waals surface area contributed by atoms with Crippen LogP contribution in [0.25, 0.3) is 0 Å². The van der Waals surface area contributed by atoms with Crippen molar-refractivity contribution in [2.75, 3.05) is 7.11 Å². The lowest BCUT2D eigenvalue weighted by Gasteiger charge is -2.25. The average Bonchev–Trinajstić information content (AvgIpc) is 2.46. The standard InChI is InChI=1S/C14H12FN3O2S/c1-20-14(19)11-10(7-2-4-8(15)5-3-7)9(6-16)12(17)21-13(11)18/h2-5,10H,17-18H2,1H3.